The quantitative estimate of drug-likeness (QED) is 0.888. The molecule has 1 aliphatic heterocycles. The van der Waals surface area contributed by atoms with Crippen LogP contribution in [0.2, 0.25) is 0 Å². The average Bonchev–Trinajstić information content (AvgIpc) is 2.80. The van der Waals surface area contributed by atoms with E-state index in [1.165, 1.54) is 5.56 Å². The van der Waals surface area contributed by atoms with Crippen LogP contribution in [-0.2, 0) is 11.3 Å². The number of amides is 1. The van der Waals surface area contributed by atoms with Crippen molar-refractivity contribution in [1.82, 2.24) is 5.32 Å². The number of primary amides is 1. The van der Waals surface area contributed by atoms with E-state index in [2.05, 4.69) is 38.3 Å². The summed E-state index contributed by atoms with van der Waals surface area (Å²) in [7, 11) is 1.92. The van der Waals surface area contributed by atoms with Gasteiger partial charge in [0.05, 0.1) is 0 Å². The number of nitrogens with two attached hydrogens (primary N) is 1. The first-order valence-electron chi connectivity index (χ1n) is 6.12. The van der Waals surface area contributed by atoms with Gasteiger partial charge in [-0.3, -0.25) is 4.79 Å². The second-order valence-electron chi connectivity index (χ2n) is 4.56. The Morgan fingerprint density at radius 3 is 3.06 bits per heavy atom. The molecular formula is C13H18BrN3O. The SMILES string of the molecule is CNCc1ccc(Br)cc1N1CCCC1C(N)=O. The zero-order valence-corrected chi connectivity index (χ0v) is 12.0. The summed E-state index contributed by atoms with van der Waals surface area (Å²) < 4.78 is 1.02. The molecule has 0 aromatic heterocycles. The second kappa shape index (κ2) is 5.71. The molecule has 1 aliphatic rings. The Balaban J connectivity index is 2.36. The molecule has 1 aromatic rings. The lowest BCUT2D eigenvalue weighted by Crippen LogP contribution is -2.40. The molecule has 1 saturated heterocycles. The van der Waals surface area contributed by atoms with Gasteiger partial charge in [-0.2, -0.15) is 0 Å². The minimum absolute atomic E-state index is 0.171. The van der Waals surface area contributed by atoms with Gasteiger partial charge in [-0.25, -0.2) is 0 Å². The monoisotopic (exact) mass is 311 g/mol. The number of rotatable bonds is 4. The minimum Gasteiger partial charge on any atom is -0.368 e. The molecule has 1 amide bonds. The molecule has 0 spiro atoms. The van der Waals surface area contributed by atoms with Crippen molar-refractivity contribution >= 4 is 27.5 Å². The van der Waals surface area contributed by atoms with Crippen LogP contribution in [0, 0.1) is 0 Å². The summed E-state index contributed by atoms with van der Waals surface area (Å²) in [5.41, 5.74) is 7.77. The van der Waals surface area contributed by atoms with E-state index in [0.29, 0.717) is 0 Å². The van der Waals surface area contributed by atoms with E-state index in [1.54, 1.807) is 0 Å². The average molecular weight is 312 g/mol. The second-order valence-corrected chi connectivity index (χ2v) is 5.47. The van der Waals surface area contributed by atoms with Crippen LogP contribution in [0.4, 0.5) is 5.69 Å². The van der Waals surface area contributed by atoms with Crippen molar-refractivity contribution < 1.29 is 4.79 Å². The predicted octanol–water partition coefficient (Wildman–Crippen LogP) is 1.62. The normalized spacial score (nSPS) is 19.2. The Bertz CT molecular complexity index is 450. The highest BCUT2D eigenvalue weighted by Gasteiger charge is 2.30. The molecule has 0 radical (unpaired) electrons. The first-order chi connectivity index (χ1) is 8.63. The van der Waals surface area contributed by atoms with Crippen molar-refractivity contribution in [3.8, 4) is 0 Å². The fourth-order valence-corrected chi connectivity index (χ4v) is 2.84. The van der Waals surface area contributed by atoms with Gasteiger partial charge in [0.2, 0.25) is 5.91 Å². The van der Waals surface area contributed by atoms with Crippen molar-refractivity contribution in [2.24, 2.45) is 5.73 Å². The molecule has 3 N–H and O–H groups in total. The summed E-state index contributed by atoms with van der Waals surface area (Å²) in [5.74, 6) is -0.233. The molecule has 0 saturated carbocycles. The lowest BCUT2D eigenvalue weighted by molar-refractivity contribution is -0.119. The number of hydrogen-bond acceptors (Lipinski definition) is 3. The van der Waals surface area contributed by atoms with E-state index in [4.69, 9.17) is 5.73 Å². The molecule has 0 aliphatic carbocycles. The van der Waals surface area contributed by atoms with Crippen LogP contribution in [0.25, 0.3) is 0 Å². The number of nitrogens with zero attached hydrogens (tertiary/aromatic N) is 1. The Hall–Kier alpha value is -1.07. The summed E-state index contributed by atoms with van der Waals surface area (Å²) in [6, 6.07) is 5.99. The van der Waals surface area contributed by atoms with Gasteiger partial charge in [-0.1, -0.05) is 22.0 Å². The van der Waals surface area contributed by atoms with Gasteiger partial charge in [0, 0.05) is 23.2 Å². The number of carbonyl (C=O) groups is 1. The maximum absolute atomic E-state index is 11.5. The van der Waals surface area contributed by atoms with Gasteiger partial charge in [-0.05, 0) is 37.6 Å². The van der Waals surface area contributed by atoms with Crippen LogP contribution in [0.15, 0.2) is 22.7 Å². The summed E-state index contributed by atoms with van der Waals surface area (Å²) in [6.07, 6.45) is 1.86. The van der Waals surface area contributed by atoms with E-state index >= 15 is 0 Å². The zero-order valence-electron chi connectivity index (χ0n) is 10.4. The third-order valence-electron chi connectivity index (χ3n) is 3.31. The fraction of sp³-hybridized carbons (Fsp3) is 0.462. The first kappa shape index (κ1) is 13.4. The molecule has 2 rings (SSSR count). The van der Waals surface area contributed by atoms with E-state index in [-0.39, 0.29) is 11.9 Å². The third-order valence-corrected chi connectivity index (χ3v) is 3.80. The molecule has 1 atom stereocenters. The van der Waals surface area contributed by atoms with Gasteiger partial charge in [-0.15, -0.1) is 0 Å². The predicted molar refractivity (Wildman–Crippen MR) is 76.5 cm³/mol. The fourth-order valence-electron chi connectivity index (χ4n) is 2.50. The van der Waals surface area contributed by atoms with Crippen LogP contribution >= 0.6 is 15.9 Å². The lowest BCUT2D eigenvalue weighted by atomic mass is 10.1. The van der Waals surface area contributed by atoms with Crippen molar-refractivity contribution in [3.63, 3.8) is 0 Å². The zero-order chi connectivity index (χ0) is 13.1. The number of benzene rings is 1. The highest BCUT2D eigenvalue weighted by molar-refractivity contribution is 9.10. The largest absolute Gasteiger partial charge is 0.368 e. The van der Waals surface area contributed by atoms with Crippen molar-refractivity contribution in [3.05, 3.63) is 28.2 Å². The Labute approximate surface area is 116 Å². The van der Waals surface area contributed by atoms with E-state index in [1.807, 2.05) is 13.1 Å². The molecule has 1 heterocycles. The van der Waals surface area contributed by atoms with Crippen molar-refractivity contribution in [1.29, 1.82) is 0 Å². The van der Waals surface area contributed by atoms with E-state index < -0.39 is 0 Å². The molecule has 98 valence electrons. The maximum Gasteiger partial charge on any atom is 0.240 e. The summed E-state index contributed by atoms with van der Waals surface area (Å²) >= 11 is 3.49. The summed E-state index contributed by atoms with van der Waals surface area (Å²) in [6.45, 7) is 1.67. The van der Waals surface area contributed by atoms with Gasteiger partial charge < -0.3 is 16.0 Å². The van der Waals surface area contributed by atoms with Crippen molar-refractivity contribution in [2.45, 2.75) is 25.4 Å². The van der Waals surface area contributed by atoms with Crippen LogP contribution < -0.4 is 16.0 Å². The van der Waals surface area contributed by atoms with Crippen LogP contribution in [-0.4, -0.2) is 25.5 Å². The summed E-state index contributed by atoms with van der Waals surface area (Å²) in [4.78, 5) is 13.6. The van der Waals surface area contributed by atoms with Crippen LogP contribution in [0.5, 0.6) is 0 Å². The number of nitrogens with one attached hydrogen (secondary N) is 1. The Morgan fingerprint density at radius 2 is 2.39 bits per heavy atom. The first-order valence-corrected chi connectivity index (χ1v) is 6.91. The highest BCUT2D eigenvalue weighted by Crippen LogP contribution is 2.31. The maximum atomic E-state index is 11.5. The third kappa shape index (κ3) is 2.67. The molecule has 0 bridgehead atoms. The molecule has 4 nitrogen and oxygen atoms in total. The minimum atomic E-state index is -0.233. The molecule has 18 heavy (non-hydrogen) atoms. The van der Waals surface area contributed by atoms with Crippen molar-refractivity contribution in [2.75, 3.05) is 18.5 Å². The Kier molecular flexibility index (Phi) is 4.24. The standard InChI is InChI=1S/C13H18BrN3O/c1-16-8-9-4-5-10(14)7-12(9)17-6-2-3-11(17)13(15)18/h4-5,7,11,16H,2-3,6,8H2,1H3,(H2,15,18). The number of hydrogen-bond donors (Lipinski definition) is 2. The van der Waals surface area contributed by atoms with Gasteiger partial charge in [0.1, 0.15) is 6.04 Å². The molecule has 1 fully saturated rings. The van der Waals surface area contributed by atoms with E-state index in [9.17, 15) is 4.79 Å². The highest BCUT2D eigenvalue weighted by atomic mass is 79.9. The van der Waals surface area contributed by atoms with E-state index in [0.717, 1.165) is 36.1 Å². The molecule has 1 unspecified atom stereocenters. The number of carbonyl (C=O) groups excluding carboxylic acids is 1. The smallest absolute Gasteiger partial charge is 0.240 e. The van der Waals surface area contributed by atoms with Crippen LogP contribution in [0.1, 0.15) is 18.4 Å². The number of halogens is 1. The number of anilines is 1. The van der Waals surface area contributed by atoms with Gasteiger partial charge in [0.15, 0.2) is 0 Å². The van der Waals surface area contributed by atoms with Gasteiger partial charge in [0.25, 0.3) is 0 Å². The molecule has 5 heteroatoms. The molecular weight excluding hydrogens is 294 g/mol. The van der Waals surface area contributed by atoms with Gasteiger partial charge >= 0.3 is 0 Å². The van der Waals surface area contributed by atoms with Crippen LogP contribution in [0.3, 0.4) is 0 Å². The Morgan fingerprint density at radius 1 is 1.61 bits per heavy atom. The lowest BCUT2D eigenvalue weighted by Gasteiger charge is -2.27. The summed E-state index contributed by atoms with van der Waals surface area (Å²) in [5, 5.41) is 3.15. The molecule has 1 aromatic carbocycles. The topological polar surface area (TPSA) is 58.4 Å².